The summed E-state index contributed by atoms with van der Waals surface area (Å²) in [6, 6.07) is 12.7. The van der Waals surface area contributed by atoms with Gasteiger partial charge in [0.25, 0.3) is 0 Å². The van der Waals surface area contributed by atoms with Crippen LogP contribution in [0.25, 0.3) is 20.4 Å². The Morgan fingerprint density at radius 3 is 2.34 bits per heavy atom. The van der Waals surface area contributed by atoms with E-state index in [-0.39, 0.29) is 0 Å². The topological polar surface area (TPSA) is 64.3 Å². The molecule has 0 atom stereocenters. The van der Waals surface area contributed by atoms with Crippen molar-refractivity contribution in [3.05, 3.63) is 47.5 Å². The number of hydrogen-bond acceptors (Lipinski definition) is 8. The zero-order valence-electron chi connectivity index (χ0n) is 19.0. The number of nitrogens with zero attached hydrogens (tertiary/aromatic N) is 3. The predicted molar refractivity (Wildman–Crippen MR) is 140 cm³/mol. The number of anilines is 1. The average Bonchev–Trinajstić information content (AvgIpc) is 3.43. The van der Waals surface area contributed by atoms with Crippen LogP contribution in [-0.4, -0.2) is 36.3 Å². The van der Waals surface area contributed by atoms with Crippen molar-refractivity contribution in [3.63, 3.8) is 0 Å². The Bertz CT molecular complexity index is 1150. The van der Waals surface area contributed by atoms with E-state index in [2.05, 4.69) is 72.9 Å². The summed E-state index contributed by atoms with van der Waals surface area (Å²) in [5.74, 6) is 1.03. The fourth-order valence-electron chi connectivity index (χ4n) is 3.92. The number of benzene rings is 2. The van der Waals surface area contributed by atoms with Gasteiger partial charge in [0.15, 0.2) is 9.47 Å². The highest BCUT2D eigenvalue weighted by Gasteiger charge is 2.17. The van der Waals surface area contributed by atoms with Gasteiger partial charge in [0.05, 0.1) is 33.6 Å². The molecule has 1 saturated heterocycles. The minimum Gasteiger partial charge on any atom is -0.378 e. The van der Waals surface area contributed by atoms with Crippen molar-refractivity contribution in [2.45, 2.75) is 43.9 Å². The molecule has 0 bridgehead atoms. The lowest BCUT2D eigenvalue weighted by molar-refractivity contribution is 0.122. The van der Waals surface area contributed by atoms with E-state index in [1.807, 2.05) is 6.07 Å². The van der Waals surface area contributed by atoms with Crippen LogP contribution in [0.4, 0.5) is 5.13 Å². The number of hydrogen-bond donors (Lipinski definition) is 1. The molecule has 2 aromatic carbocycles. The van der Waals surface area contributed by atoms with Crippen LogP contribution in [0.15, 0.2) is 40.7 Å². The Balaban J connectivity index is 0.000000154. The first kappa shape index (κ1) is 23.4. The lowest BCUT2D eigenvalue weighted by atomic mass is 9.90. The second-order valence-electron chi connectivity index (χ2n) is 8.39. The number of nitrogens with two attached hydrogens (primary N) is 1. The van der Waals surface area contributed by atoms with E-state index in [1.165, 1.54) is 32.5 Å². The highest BCUT2D eigenvalue weighted by atomic mass is 32.2. The largest absolute Gasteiger partial charge is 0.378 e. The van der Waals surface area contributed by atoms with Crippen LogP contribution in [0.2, 0.25) is 0 Å². The Morgan fingerprint density at radius 2 is 1.69 bits per heavy atom. The molecule has 0 amide bonds. The molecule has 0 radical (unpaired) electrons. The van der Waals surface area contributed by atoms with Crippen molar-refractivity contribution in [1.29, 1.82) is 0 Å². The zero-order chi connectivity index (χ0) is 22.7. The van der Waals surface area contributed by atoms with E-state index in [1.54, 1.807) is 22.7 Å². The first-order chi connectivity index (χ1) is 15.5. The van der Waals surface area contributed by atoms with Crippen molar-refractivity contribution >= 4 is 60.2 Å². The van der Waals surface area contributed by atoms with Gasteiger partial charge in [0.2, 0.25) is 0 Å². The maximum atomic E-state index is 5.60. The first-order valence-corrected chi connectivity index (χ1v) is 13.5. The van der Waals surface area contributed by atoms with E-state index in [9.17, 15) is 0 Å². The van der Waals surface area contributed by atoms with Crippen molar-refractivity contribution in [2.75, 3.05) is 31.2 Å². The number of morpholine rings is 1. The van der Waals surface area contributed by atoms with Crippen LogP contribution in [0.5, 0.6) is 0 Å². The van der Waals surface area contributed by atoms with E-state index < -0.39 is 0 Å². The average molecular weight is 487 g/mol. The normalized spacial score (nSPS) is 14.4. The molecule has 170 valence electrons. The summed E-state index contributed by atoms with van der Waals surface area (Å²) in [6.45, 7) is 12.5. The number of thiazole rings is 2. The van der Waals surface area contributed by atoms with Crippen molar-refractivity contribution in [1.82, 2.24) is 9.97 Å². The Labute approximate surface area is 202 Å². The number of fused-ring (bicyclic) bond motifs is 2. The Morgan fingerprint density at radius 1 is 0.938 bits per heavy atom. The van der Waals surface area contributed by atoms with E-state index >= 15 is 0 Å². The molecule has 0 unspecified atom stereocenters. The highest BCUT2D eigenvalue weighted by Crippen LogP contribution is 2.36. The molecule has 5 nitrogen and oxygen atoms in total. The fourth-order valence-corrected chi connectivity index (χ4v) is 6.26. The molecular formula is C24H30N4OS3. The number of para-hydroxylation sites is 1. The van der Waals surface area contributed by atoms with Crippen LogP contribution in [0.1, 0.15) is 50.7 Å². The van der Waals surface area contributed by atoms with Crippen LogP contribution in [-0.2, 0) is 4.74 Å². The van der Waals surface area contributed by atoms with Crippen LogP contribution in [0, 0.1) is 0 Å². The molecular weight excluding hydrogens is 456 g/mol. The number of ether oxygens (including phenoxy) is 1. The third kappa shape index (κ3) is 5.10. The van der Waals surface area contributed by atoms with Gasteiger partial charge >= 0.3 is 0 Å². The van der Waals surface area contributed by atoms with Crippen molar-refractivity contribution < 1.29 is 4.74 Å². The third-order valence-electron chi connectivity index (χ3n) is 5.48. The van der Waals surface area contributed by atoms with Crippen molar-refractivity contribution in [2.24, 2.45) is 5.14 Å². The standard InChI is InChI=1S/C13H18N2S2.C11H12N2OS/c1-7(2)9-5-6-10-12(11(9)8(3)4)15-13(16-10)17-14;1-2-4-10-9(3-1)12-11(15-10)13-5-7-14-8-6-13/h5-8H,14H2,1-4H3;1-4H,5-8H2. The van der Waals surface area contributed by atoms with Gasteiger partial charge in [-0.05, 0) is 53.1 Å². The molecule has 5 rings (SSSR count). The maximum absolute atomic E-state index is 5.60. The summed E-state index contributed by atoms with van der Waals surface area (Å²) in [7, 11) is 0. The quantitative estimate of drug-likeness (QED) is 0.326. The summed E-state index contributed by atoms with van der Waals surface area (Å²) >= 11 is 4.68. The Kier molecular flexibility index (Phi) is 7.68. The summed E-state index contributed by atoms with van der Waals surface area (Å²) in [4.78, 5) is 11.6. The molecule has 2 aromatic heterocycles. The lowest BCUT2D eigenvalue weighted by Crippen LogP contribution is -2.36. The smallest absolute Gasteiger partial charge is 0.186 e. The second-order valence-corrected chi connectivity index (χ2v) is 11.3. The van der Waals surface area contributed by atoms with Crippen LogP contribution < -0.4 is 10.0 Å². The molecule has 8 heteroatoms. The van der Waals surface area contributed by atoms with Crippen LogP contribution in [0.3, 0.4) is 0 Å². The first-order valence-electron chi connectivity index (χ1n) is 11.0. The second kappa shape index (κ2) is 10.5. The summed E-state index contributed by atoms with van der Waals surface area (Å²) in [5.41, 5.74) is 5.04. The molecule has 0 saturated carbocycles. The zero-order valence-corrected chi connectivity index (χ0v) is 21.4. The highest BCUT2D eigenvalue weighted by molar-refractivity contribution is 7.99. The predicted octanol–water partition coefficient (Wildman–Crippen LogP) is 6.64. The van der Waals surface area contributed by atoms with E-state index in [0.29, 0.717) is 11.8 Å². The van der Waals surface area contributed by atoms with Gasteiger partial charge in [-0.15, -0.1) is 11.3 Å². The van der Waals surface area contributed by atoms with Gasteiger partial charge in [0, 0.05) is 13.1 Å². The fraction of sp³-hybridized carbons (Fsp3) is 0.417. The monoisotopic (exact) mass is 486 g/mol. The van der Waals surface area contributed by atoms with Crippen molar-refractivity contribution in [3.8, 4) is 0 Å². The SMILES string of the molecule is CC(C)c1ccc2sc(SN)nc2c1C(C)C.c1ccc2sc(N3CCOCC3)nc2c1. The van der Waals surface area contributed by atoms with E-state index in [4.69, 9.17) is 9.88 Å². The molecule has 0 aliphatic carbocycles. The maximum Gasteiger partial charge on any atom is 0.186 e. The molecule has 1 aliphatic rings. The summed E-state index contributed by atoms with van der Waals surface area (Å²) in [6.07, 6.45) is 0. The minimum atomic E-state index is 0.494. The van der Waals surface area contributed by atoms with Gasteiger partial charge in [-0.2, -0.15) is 0 Å². The Hall–Kier alpha value is -1.71. The van der Waals surface area contributed by atoms with Gasteiger partial charge in [-0.1, -0.05) is 57.2 Å². The minimum absolute atomic E-state index is 0.494. The molecule has 0 spiro atoms. The molecule has 4 aromatic rings. The number of rotatable bonds is 4. The molecule has 2 N–H and O–H groups in total. The van der Waals surface area contributed by atoms with Gasteiger partial charge < -0.3 is 9.64 Å². The van der Waals surface area contributed by atoms with E-state index in [0.717, 1.165) is 46.8 Å². The molecule has 32 heavy (non-hydrogen) atoms. The number of aromatic nitrogens is 2. The summed E-state index contributed by atoms with van der Waals surface area (Å²) in [5, 5.41) is 6.73. The summed E-state index contributed by atoms with van der Waals surface area (Å²) < 4.78 is 8.78. The van der Waals surface area contributed by atoms with Gasteiger partial charge in [-0.3, -0.25) is 5.14 Å². The van der Waals surface area contributed by atoms with Gasteiger partial charge in [-0.25, -0.2) is 9.97 Å². The lowest BCUT2D eigenvalue weighted by Gasteiger charge is -2.25. The molecule has 1 fully saturated rings. The van der Waals surface area contributed by atoms with Gasteiger partial charge in [0.1, 0.15) is 0 Å². The molecule has 1 aliphatic heterocycles. The molecule has 3 heterocycles. The third-order valence-corrected chi connectivity index (χ3v) is 8.22. The van der Waals surface area contributed by atoms with Crippen LogP contribution >= 0.6 is 34.6 Å².